The number of aliphatic carboxylic acids is 1. The van der Waals surface area contributed by atoms with Crippen LogP contribution < -0.4 is 0 Å². The minimum absolute atomic E-state index is 0.343. The number of hydrogen-bond acceptors (Lipinski definition) is 2. The fraction of sp³-hybridized carbons (Fsp3) is 0.667. The van der Waals surface area contributed by atoms with Gasteiger partial charge in [-0.1, -0.05) is 6.58 Å². The summed E-state index contributed by atoms with van der Waals surface area (Å²) in [5.74, 6) is -0.358. The van der Waals surface area contributed by atoms with Crippen LogP contribution in [0.3, 0.4) is 0 Å². The third-order valence-electron chi connectivity index (χ3n) is 2.33. The molecular weight excluding hydrogens is 154 g/mol. The molecule has 1 atom stereocenters. The molecule has 1 rings (SSSR count). The Labute approximate surface area is 72.7 Å². The third kappa shape index (κ3) is 2.34. The van der Waals surface area contributed by atoms with Gasteiger partial charge in [0, 0.05) is 12.1 Å². The van der Waals surface area contributed by atoms with Crippen molar-refractivity contribution in [3.8, 4) is 0 Å². The largest absolute Gasteiger partial charge is 0.478 e. The Kier molecular flexibility index (Phi) is 2.87. The van der Waals surface area contributed by atoms with E-state index < -0.39 is 5.97 Å². The van der Waals surface area contributed by atoms with E-state index in [1.807, 2.05) is 0 Å². The number of nitrogens with zero attached hydrogens (tertiary/aromatic N) is 1. The molecule has 1 N–H and O–H groups in total. The van der Waals surface area contributed by atoms with Gasteiger partial charge in [-0.3, -0.25) is 0 Å². The SMILES string of the molecule is C=C(CC1CCN(C)C1)C(=O)O. The first-order chi connectivity index (χ1) is 5.59. The highest BCUT2D eigenvalue weighted by molar-refractivity contribution is 5.85. The molecule has 1 heterocycles. The van der Waals surface area contributed by atoms with Crippen LogP contribution in [0.1, 0.15) is 12.8 Å². The first kappa shape index (κ1) is 9.26. The molecule has 0 amide bonds. The summed E-state index contributed by atoms with van der Waals surface area (Å²) >= 11 is 0. The van der Waals surface area contributed by atoms with Gasteiger partial charge in [0.05, 0.1) is 0 Å². The summed E-state index contributed by atoms with van der Waals surface area (Å²) in [6.45, 7) is 5.61. The molecule has 68 valence electrons. The molecule has 1 unspecified atom stereocenters. The molecule has 0 aromatic rings. The number of carbonyl (C=O) groups is 1. The van der Waals surface area contributed by atoms with Gasteiger partial charge in [0.1, 0.15) is 0 Å². The van der Waals surface area contributed by atoms with Crippen molar-refractivity contribution in [1.29, 1.82) is 0 Å². The lowest BCUT2D eigenvalue weighted by atomic mass is 10.00. The fourth-order valence-electron chi connectivity index (χ4n) is 1.63. The molecule has 1 saturated heterocycles. The van der Waals surface area contributed by atoms with E-state index in [9.17, 15) is 4.79 Å². The predicted octanol–water partition coefficient (Wildman–Crippen LogP) is 0.969. The van der Waals surface area contributed by atoms with E-state index in [0.717, 1.165) is 19.5 Å². The lowest BCUT2D eigenvalue weighted by molar-refractivity contribution is -0.132. The van der Waals surface area contributed by atoms with Crippen molar-refractivity contribution in [3.05, 3.63) is 12.2 Å². The van der Waals surface area contributed by atoms with Gasteiger partial charge in [0.15, 0.2) is 0 Å². The zero-order chi connectivity index (χ0) is 9.14. The van der Waals surface area contributed by atoms with Gasteiger partial charge in [-0.05, 0) is 32.4 Å². The van der Waals surface area contributed by atoms with Crippen molar-refractivity contribution in [2.45, 2.75) is 12.8 Å². The standard InChI is InChI=1S/C9H15NO2/c1-7(9(11)12)5-8-3-4-10(2)6-8/h8H,1,3-6H2,2H3,(H,11,12). The van der Waals surface area contributed by atoms with Gasteiger partial charge >= 0.3 is 5.97 Å². The van der Waals surface area contributed by atoms with E-state index >= 15 is 0 Å². The zero-order valence-electron chi connectivity index (χ0n) is 7.42. The minimum atomic E-state index is -0.857. The Morgan fingerprint density at radius 3 is 2.83 bits per heavy atom. The van der Waals surface area contributed by atoms with Gasteiger partial charge in [0.2, 0.25) is 0 Å². The van der Waals surface area contributed by atoms with Crippen LogP contribution in [0.15, 0.2) is 12.2 Å². The van der Waals surface area contributed by atoms with Crippen LogP contribution >= 0.6 is 0 Å². The second-order valence-electron chi connectivity index (χ2n) is 3.53. The lowest BCUT2D eigenvalue weighted by Gasteiger charge is -2.09. The summed E-state index contributed by atoms with van der Waals surface area (Å²) in [7, 11) is 2.06. The molecule has 0 aromatic carbocycles. The minimum Gasteiger partial charge on any atom is -0.478 e. The van der Waals surface area contributed by atoms with Gasteiger partial charge in [-0.15, -0.1) is 0 Å². The summed E-state index contributed by atoms with van der Waals surface area (Å²) in [5, 5.41) is 8.60. The van der Waals surface area contributed by atoms with Crippen LogP contribution in [0.5, 0.6) is 0 Å². The van der Waals surface area contributed by atoms with E-state index in [2.05, 4.69) is 18.5 Å². The molecule has 0 radical (unpaired) electrons. The Morgan fingerprint density at radius 2 is 2.42 bits per heavy atom. The van der Waals surface area contributed by atoms with Crippen molar-refractivity contribution in [2.75, 3.05) is 20.1 Å². The predicted molar refractivity (Wildman–Crippen MR) is 47.0 cm³/mol. The van der Waals surface area contributed by atoms with Crippen LogP contribution in [-0.4, -0.2) is 36.1 Å². The first-order valence-corrected chi connectivity index (χ1v) is 4.19. The van der Waals surface area contributed by atoms with E-state index in [-0.39, 0.29) is 0 Å². The maximum Gasteiger partial charge on any atom is 0.330 e. The Hall–Kier alpha value is -0.830. The molecule has 3 heteroatoms. The molecule has 1 aliphatic rings. The first-order valence-electron chi connectivity index (χ1n) is 4.19. The quantitative estimate of drug-likeness (QED) is 0.640. The monoisotopic (exact) mass is 169 g/mol. The molecule has 0 saturated carbocycles. The topological polar surface area (TPSA) is 40.5 Å². The smallest absolute Gasteiger partial charge is 0.330 e. The van der Waals surface area contributed by atoms with E-state index in [1.165, 1.54) is 0 Å². The summed E-state index contributed by atoms with van der Waals surface area (Å²) < 4.78 is 0. The number of hydrogen-bond donors (Lipinski definition) is 1. The summed E-state index contributed by atoms with van der Waals surface area (Å²) in [5.41, 5.74) is 0.343. The van der Waals surface area contributed by atoms with Crippen molar-refractivity contribution in [2.24, 2.45) is 5.92 Å². The fourth-order valence-corrected chi connectivity index (χ4v) is 1.63. The van der Waals surface area contributed by atoms with Crippen LogP contribution in [0.4, 0.5) is 0 Å². The van der Waals surface area contributed by atoms with E-state index in [4.69, 9.17) is 5.11 Å². The molecular formula is C9H15NO2. The van der Waals surface area contributed by atoms with Gasteiger partial charge in [0.25, 0.3) is 0 Å². The number of rotatable bonds is 3. The number of likely N-dealkylation sites (tertiary alicyclic amines) is 1. The van der Waals surface area contributed by atoms with Crippen LogP contribution in [0, 0.1) is 5.92 Å². The Bertz CT molecular complexity index is 201. The maximum atomic E-state index is 10.5. The van der Waals surface area contributed by atoms with E-state index in [0.29, 0.717) is 17.9 Å². The van der Waals surface area contributed by atoms with Crippen LogP contribution in [0.25, 0.3) is 0 Å². The zero-order valence-corrected chi connectivity index (χ0v) is 7.42. The Morgan fingerprint density at radius 1 is 1.75 bits per heavy atom. The molecule has 1 aliphatic heterocycles. The summed E-state index contributed by atoms with van der Waals surface area (Å²) in [6, 6.07) is 0. The average Bonchev–Trinajstić information content (AvgIpc) is 2.35. The van der Waals surface area contributed by atoms with Crippen molar-refractivity contribution >= 4 is 5.97 Å². The number of carboxylic acids is 1. The average molecular weight is 169 g/mol. The van der Waals surface area contributed by atoms with Gasteiger partial charge < -0.3 is 10.0 Å². The highest BCUT2D eigenvalue weighted by Crippen LogP contribution is 2.21. The number of carboxylic acid groups (broad SMARTS) is 1. The van der Waals surface area contributed by atoms with Gasteiger partial charge in [-0.2, -0.15) is 0 Å². The van der Waals surface area contributed by atoms with Crippen LogP contribution in [-0.2, 0) is 4.79 Å². The second-order valence-corrected chi connectivity index (χ2v) is 3.53. The van der Waals surface area contributed by atoms with Crippen molar-refractivity contribution in [3.63, 3.8) is 0 Å². The highest BCUT2D eigenvalue weighted by Gasteiger charge is 2.21. The maximum absolute atomic E-state index is 10.5. The van der Waals surface area contributed by atoms with Crippen molar-refractivity contribution < 1.29 is 9.90 Å². The molecule has 12 heavy (non-hydrogen) atoms. The molecule has 1 fully saturated rings. The molecule has 0 spiro atoms. The molecule has 0 aromatic heterocycles. The normalized spacial score (nSPS) is 24.2. The molecule has 0 bridgehead atoms. The lowest BCUT2D eigenvalue weighted by Crippen LogP contribution is -2.15. The molecule has 0 aliphatic carbocycles. The molecule has 3 nitrogen and oxygen atoms in total. The second kappa shape index (κ2) is 3.72. The van der Waals surface area contributed by atoms with Crippen LogP contribution in [0.2, 0.25) is 0 Å². The Balaban J connectivity index is 2.32. The summed E-state index contributed by atoms with van der Waals surface area (Å²) in [4.78, 5) is 12.7. The third-order valence-corrected chi connectivity index (χ3v) is 2.33. The summed E-state index contributed by atoms with van der Waals surface area (Å²) in [6.07, 6.45) is 1.74. The van der Waals surface area contributed by atoms with Crippen molar-refractivity contribution in [1.82, 2.24) is 4.90 Å². The highest BCUT2D eigenvalue weighted by atomic mass is 16.4. The van der Waals surface area contributed by atoms with Gasteiger partial charge in [-0.25, -0.2) is 4.79 Å². The van der Waals surface area contributed by atoms with E-state index in [1.54, 1.807) is 0 Å².